The maximum atomic E-state index is 11.9. The van der Waals surface area contributed by atoms with Crippen molar-refractivity contribution in [3.05, 3.63) is 59.7 Å². The van der Waals surface area contributed by atoms with E-state index in [0.29, 0.717) is 6.61 Å². The molecule has 0 aliphatic rings. The van der Waals surface area contributed by atoms with Crippen LogP contribution in [-0.2, 0) is 21.6 Å². The van der Waals surface area contributed by atoms with Crippen molar-refractivity contribution < 1.29 is 14.3 Å². The third-order valence-electron chi connectivity index (χ3n) is 5.02. The molecule has 0 heterocycles. The number of carbonyl (C=O) groups excluding carboxylic acids is 1. The van der Waals surface area contributed by atoms with Gasteiger partial charge in [-0.2, -0.15) is 0 Å². The van der Waals surface area contributed by atoms with Crippen LogP contribution in [0.15, 0.2) is 48.5 Å². The summed E-state index contributed by atoms with van der Waals surface area (Å²) in [5.41, 5.74) is 2.15. The number of carbonyl (C=O) groups is 1. The van der Waals surface area contributed by atoms with Crippen molar-refractivity contribution in [2.45, 2.75) is 60.0 Å². The van der Waals surface area contributed by atoms with E-state index in [0.717, 1.165) is 23.5 Å². The highest BCUT2D eigenvalue weighted by Gasteiger charge is 2.21. The molecule has 0 saturated heterocycles. The second-order valence-electron chi connectivity index (χ2n) is 8.67. The SMILES string of the molecule is CCC(C)(C)c1ccc(Oc2ccc(COCC(=O)C(C)(C)C)cc2)cc1. The summed E-state index contributed by atoms with van der Waals surface area (Å²) in [6.07, 6.45) is 1.10. The maximum Gasteiger partial charge on any atom is 0.163 e. The summed E-state index contributed by atoms with van der Waals surface area (Å²) in [6.45, 7) is 13.0. The molecule has 0 fully saturated rings. The molecule has 27 heavy (non-hydrogen) atoms. The molecule has 0 spiro atoms. The van der Waals surface area contributed by atoms with Gasteiger partial charge in [0.05, 0.1) is 6.61 Å². The molecule has 2 rings (SSSR count). The van der Waals surface area contributed by atoms with Gasteiger partial charge >= 0.3 is 0 Å². The van der Waals surface area contributed by atoms with Crippen molar-refractivity contribution in [1.82, 2.24) is 0 Å². The van der Waals surface area contributed by atoms with Gasteiger partial charge in [-0.1, -0.05) is 65.8 Å². The predicted octanol–water partition coefficient (Wildman–Crippen LogP) is 6.30. The van der Waals surface area contributed by atoms with Gasteiger partial charge in [-0.25, -0.2) is 0 Å². The smallest absolute Gasteiger partial charge is 0.163 e. The highest BCUT2D eigenvalue weighted by atomic mass is 16.5. The number of hydrogen-bond donors (Lipinski definition) is 0. The van der Waals surface area contributed by atoms with Crippen LogP contribution in [0.4, 0.5) is 0 Å². The van der Waals surface area contributed by atoms with Crippen LogP contribution in [-0.4, -0.2) is 12.4 Å². The summed E-state index contributed by atoms with van der Waals surface area (Å²) in [5, 5.41) is 0. The van der Waals surface area contributed by atoms with Gasteiger partial charge in [0.2, 0.25) is 0 Å². The molecular weight excluding hydrogens is 336 g/mol. The Labute approximate surface area is 163 Å². The quantitative estimate of drug-likeness (QED) is 0.548. The summed E-state index contributed by atoms with van der Waals surface area (Å²) >= 11 is 0. The molecule has 0 bridgehead atoms. The van der Waals surface area contributed by atoms with E-state index in [4.69, 9.17) is 9.47 Å². The first kappa shape index (κ1) is 21.2. The van der Waals surface area contributed by atoms with Gasteiger partial charge in [-0.05, 0) is 47.2 Å². The molecule has 2 aromatic carbocycles. The summed E-state index contributed by atoms with van der Waals surface area (Å²) in [7, 11) is 0. The molecule has 0 amide bonds. The number of ketones is 1. The van der Waals surface area contributed by atoms with Gasteiger partial charge in [-0.15, -0.1) is 0 Å². The zero-order chi connectivity index (χ0) is 20.1. The zero-order valence-corrected chi connectivity index (χ0v) is 17.5. The minimum absolute atomic E-state index is 0.108. The number of ether oxygens (including phenoxy) is 2. The van der Waals surface area contributed by atoms with Gasteiger partial charge in [0, 0.05) is 5.41 Å². The van der Waals surface area contributed by atoms with Gasteiger partial charge in [-0.3, -0.25) is 4.79 Å². The van der Waals surface area contributed by atoms with Gasteiger partial charge in [0.25, 0.3) is 0 Å². The second-order valence-corrected chi connectivity index (χ2v) is 8.67. The molecule has 0 aliphatic heterocycles. The van der Waals surface area contributed by atoms with E-state index in [2.05, 4.69) is 32.9 Å². The number of benzene rings is 2. The van der Waals surface area contributed by atoms with Crippen molar-refractivity contribution in [1.29, 1.82) is 0 Å². The standard InChI is InChI=1S/C24H32O3/c1-7-24(5,6)19-10-14-21(15-11-19)27-20-12-8-18(9-13-20)16-26-17-22(25)23(2,3)4/h8-15H,7,16-17H2,1-6H3. The lowest BCUT2D eigenvalue weighted by molar-refractivity contribution is -0.131. The van der Waals surface area contributed by atoms with E-state index in [-0.39, 0.29) is 23.2 Å². The molecular formula is C24H32O3. The molecule has 146 valence electrons. The molecule has 0 unspecified atom stereocenters. The average Bonchev–Trinajstić information content (AvgIpc) is 2.63. The average molecular weight is 369 g/mol. The lowest BCUT2D eigenvalue weighted by Crippen LogP contribution is -2.24. The molecule has 0 aromatic heterocycles. The number of rotatable bonds is 8. The van der Waals surface area contributed by atoms with Gasteiger partial charge < -0.3 is 9.47 Å². The fraction of sp³-hybridized carbons (Fsp3) is 0.458. The molecule has 0 aliphatic carbocycles. The Morgan fingerprint density at radius 3 is 1.85 bits per heavy atom. The molecule has 2 aromatic rings. The van der Waals surface area contributed by atoms with E-state index in [9.17, 15) is 4.79 Å². The third kappa shape index (κ3) is 6.21. The molecule has 0 atom stereocenters. The Morgan fingerprint density at radius 2 is 1.37 bits per heavy atom. The van der Waals surface area contributed by atoms with E-state index in [1.165, 1.54) is 5.56 Å². The molecule has 3 heteroatoms. The van der Waals surface area contributed by atoms with E-state index < -0.39 is 0 Å². The highest BCUT2D eigenvalue weighted by Crippen LogP contribution is 2.29. The minimum Gasteiger partial charge on any atom is -0.457 e. The predicted molar refractivity (Wildman–Crippen MR) is 110 cm³/mol. The summed E-state index contributed by atoms with van der Waals surface area (Å²) in [6, 6.07) is 16.1. The zero-order valence-electron chi connectivity index (χ0n) is 17.5. The topological polar surface area (TPSA) is 35.5 Å². The summed E-state index contributed by atoms with van der Waals surface area (Å²) < 4.78 is 11.5. The number of hydrogen-bond acceptors (Lipinski definition) is 3. The van der Waals surface area contributed by atoms with Crippen molar-refractivity contribution in [2.75, 3.05) is 6.61 Å². The van der Waals surface area contributed by atoms with E-state index >= 15 is 0 Å². The third-order valence-corrected chi connectivity index (χ3v) is 5.02. The maximum absolute atomic E-state index is 11.9. The van der Waals surface area contributed by atoms with Gasteiger partial charge in [0.15, 0.2) is 5.78 Å². The van der Waals surface area contributed by atoms with Crippen LogP contribution in [0.1, 0.15) is 59.1 Å². The Hall–Kier alpha value is -2.13. The van der Waals surface area contributed by atoms with Crippen LogP contribution in [0, 0.1) is 5.41 Å². The number of Topliss-reactive ketones (excluding diaryl/α,β-unsaturated/α-hetero) is 1. The van der Waals surface area contributed by atoms with Crippen molar-refractivity contribution in [3.8, 4) is 11.5 Å². The molecule has 0 radical (unpaired) electrons. The Morgan fingerprint density at radius 1 is 0.852 bits per heavy atom. The first-order valence-electron chi connectivity index (χ1n) is 9.60. The van der Waals surface area contributed by atoms with Crippen LogP contribution in [0.5, 0.6) is 11.5 Å². The van der Waals surface area contributed by atoms with Gasteiger partial charge in [0.1, 0.15) is 18.1 Å². The van der Waals surface area contributed by atoms with Crippen LogP contribution in [0.3, 0.4) is 0 Å². The minimum atomic E-state index is -0.362. The van der Waals surface area contributed by atoms with Crippen molar-refractivity contribution in [3.63, 3.8) is 0 Å². The van der Waals surface area contributed by atoms with Crippen molar-refractivity contribution in [2.24, 2.45) is 5.41 Å². The lowest BCUT2D eigenvalue weighted by atomic mass is 9.82. The summed E-state index contributed by atoms with van der Waals surface area (Å²) in [4.78, 5) is 11.9. The Balaban J connectivity index is 1.89. The van der Waals surface area contributed by atoms with E-state index in [1.54, 1.807) is 0 Å². The molecule has 0 N–H and O–H groups in total. The van der Waals surface area contributed by atoms with E-state index in [1.807, 2.05) is 57.2 Å². The highest BCUT2D eigenvalue weighted by molar-refractivity contribution is 5.84. The van der Waals surface area contributed by atoms with Crippen molar-refractivity contribution >= 4 is 5.78 Å². The monoisotopic (exact) mass is 368 g/mol. The Bertz CT molecular complexity index is 735. The fourth-order valence-electron chi connectivity index (χ4n) is 2.45. The lowest BCUT2D eigenvalue weighted by Gasteiger charge is -2.23. The summed E-state index contributed by atoms with van der Waals surface area (Å²) in [5.74, 6) is 1.72. The first-order chi connectivity index (χ1) is 12.6. The van der Waals surface area contributed by atoms with Crippen LogP contribution >= 0.6 is 0 Å². The fourth-order valence-corrected chi connectivity index (χ4v) is 2.45. The largest absolute Gasteiger partial charge is 0.457 e. The first-order valence-corrected chi connectivity index (χ1v) is 9.60. The molecule has 0 saturated carbocycles. The van der Waals surface area contributed by atoms with Crippen LogP contribution in [0.2, 0.25) is 0 Å². The normalized spacial score (nSPS) is 12.1. The van der Waals surface area contributed by atoms with Crippen LogP contribution < -0.4 is 4.74 Å². The van der Waals surface area contributed by atoms with Crippen LogP contribution in [0.25, 0.3) is 0 Å². The Kier molecular flexibility index (Phi) is 6.83. The molecule has 3 nitrogen and oxygen atoms in total. The second kappa shape index (κ2) is 8.71.